The molecular weight excluding hydrogens is 162 g/mol. The molecule has 0 bridgehead atoms. The van der Waals surface area contributed by atoms with E-state index < -0.39 is 0 Å². The summed E-state index contributed by atoms with van der Waals surface area (Å²) in [5.41, 5.74) is 2.93. The third-order valence-corrected chi connectivity index (χ3v) is 3.00. The lowest BCUT2D eigenvalue weighted by Crippen LogP contribution is -2.39. The predicted molar refractivity (Wildman–Crippen MR) is 56.2 cm³/mol. The van der Waals surface area contributed by atoms with Crippen molar-refractivity contribution < 1.29 is 0 Å². The Morgan fingerprint density at radius 3 is 2.54 bits per heavy atom. The predicted octanol–water partition coefficient (Wildman–Crippen LogP) is 0.960. The number of hydrogen-bond acceptors (Lipinski definition) is 3. The molecule has 0 saturated heterocycles. The van der Waals surface area contributed by atoms with Crippen LogP contribution in [0.15, 0.2) is 0 Å². The summed E-state index contributed by atoms with van der Waals surface area (Å²) < 4.78 is 0. The number of hydrazine groups is 1. The fraction of sp³-hybridized carbons (Fsp3) is 1.00. The van der Waals surface area contributed by atoms with Gasteiger partial charge >= 0.3 is 0 Å². The normalized spacial score (nSPS) is 20.3. The largest absolute Gasteiger partial charge is 0.309 e. The average Bonchev–Trinajstić information content (AvgIpc) is 2.01. The fourth-order valence-electron chi connectivity index (χ4n) is 1.81. The van der Waals surface area contributed by atoms with Crippen LogP contribution >= 0.6 is 0 Å². The standard InChI is InChI=1S/C10H23N3/c1-13(2)7-6-10(12-11)8-9-4-3-5-9/h9-10,12H,3-8,11H2,1-2H3. The molecule has 0 radical (unpaired) electrons. The van der Waals surface area contributed by atoms with Crippen molar-refractivity contribution in [3.05, 3.63) is 0 Å². The highest BCUT2D eigenvalue weighted by atomic mass is 15.2. The van der Waals surface area contributed by atoms with Gasteiger partial charge in [-0.25, -0.2) is 0 Å². The summed E-state index contributed by atoms with van der Waals surface area (Å²) in [4.78, 5) is 2.21. The molecule has 1 aliphatic carbocycles. The molecular formula is C10H23N3. The zero-order valence-electron chi connectivity index (χ0n) is 8.92. The maximum atomic E-state index is 5.52. The van der Waals surface area contributed by atoms with E-state index in [2.05, 4.69) is 24.4 Å². The molecule has 78 valence electrons. The molecule has 1 aliphatic rings. The van der Waals surface area contributed by atoms with Gasteiger partial charge in [0.15, 0.2) is 0 Å². The molecule has 13 heavy (non-hydrogen) atoms. The zero-order chi connectivity index (χ0) is 9.68. The van der Waals surface area contributed by atoms with Gasteiger partial charge in [0.25, 0.3) is 0 Å². The molecule has 1 atom stereocenters. The molecule has 0 spiro atoms. The first-order chi connectivity index (χ1) is 6.22. The lowest BCUT2D eigenvalue weighted by atomic mass is 9.80. The van der Waals surface area contributed by atoms with Crippen molar-refractivity contribution in [2.24, 2.45) is 11.8 Å². The summed E-state index contributed by atoms with van der Waals surface area (Å²) in [7, 11) is 4.22. The van der Waals surface area contributed by atoms with E-state index in [-0.39, 0.29) is 0 Å². The van der Waals surface area contributed by atoms with E-state index in [9.17, 15) is 0 Å². The van der Waals surface area contributed by atoms with E-state index in [0.29, 0.717) is 6.04 Å². The first kappa shape index (κ1) is 11.0. The van der Waals surface area contributed by atoms with Gasteiger partial charge in [0.1, 0.15) is 0 Å². The van der Waals surface area contributed by atoms with E-state index >= 15 is 0 Å². The van der Waals surface area contributed by atoms with E-state index in [1.54, 1.807) is 0 Å². The molecule has 0 amide bonds. The van der Waals surface area contributed by atoms with Crippen LogP contribution in [0.25, 0.3) is 0 Å². The van der Waals surface area contributed by atoms with Crippen LogP contribution in [-0.4, -0.2) is 31.6 Å². The Bertz CT molecular complexity index is 132. The number of nitrogens with two attached hydrogens (primary N) is 1. The van der Waals surface area contributed by atoms with Crippen LogP contribution in [-0.2, 0) is 0 Å². The van der Waals surface area contributed by atoms with Crippen molar-refractivity contribution in [1.82, 2.24) is 10.3 Å². The van der Waals surface area contributed by atoms with Crippen LogP contribution in [0, 0.1) is 5.92 Å². The quantitative estimate of drug-likeness (QED) is 0.478. The fourth-order valence-corrected chi connectivity index (χ4v) is 1.81. The Hall–Kier alpha value is -0.120. The maximum Gasteiger partial charge on any atom is 0.0225 e. The Labute approximate surface area is 81.6 Å². The van der Waals surface area contributed by atoms with E-state index in [1.807, 2.05) is 0 Å². The van der Waals surface area contributed by atoms with Gasteiger partial charge in [-0.3, -0.25) is 11.3 Å². The summed E-state index contributed by atoms with van der Waals surface area (Å²) in [6.45, 7) is 1.13. The van der Waals surface area contributed by atoms with Gasteiger partial charge in [-0.15, -0.1) is 0 Å². The molecule has 1 saturated carbocycles. The van der Waals surface area contributed by atoms with Crippen LogP contribution < -0.4 is 11.3 Å². The summed E-state index contributed by atoms with van der Waals surface area (Å²) >= 11 is 0. The Morgan fingerprint density at radius 1 is 1.46 bits per heavy atom. The van der Waals surface area contributed by atoms with E-state index in [4.69, 9.17) is 5.84 Å². The Morgan fingerprint density at radius 2 is 2.15 bits per heavy atom. The highest BCUT2D eigenvalue weighted by Crippen LogP contribution is 2.30. The summed E-state index contributed by atoms with van der Waals surface area (Å²) in [6, 6.07) is 0.521. The van der Waals surface area contributed by atoms with Gasteiger partial charge < -0.3 is 4.90 Å². The second kappa shape index (κ2) is 5.58. The number of hydrogen-bond donors (Lipinski definition) is 2. The third-order valence-electron chi connectivity index (χ3n) is 3.00. The zero-order valence-corrected chi connectivity index (χ0v) is 8.92. The number of rotatable bonds is 6. The summed E-state index contributed by atoms with van der Waals surface area (Å²) in [5.74, 6) is 6.46. The molecule has 0 aromatic rings. The molecule has 0 aliphatic heterocycles. The molecule has 0 heterocycles. The Balaban J connectivity index is 2.09. The minimum absolute atomic E-state index is 0.521. The second-order valence-electron chi connectivity index (χ2n) is 4.49. The lowest BCUT2D eigenvalue weighted by molar-refractivity contribution is 0.244. The minimum Gasteiger partial charge on any atom is -0.309 e. The van der Waals surface area contributed by atoms with E-state index in [1.165, 1.54) is 32.1 Å². The smallest absolute Gasteiger partial charge is 0.0225 e. The van der Waals surface area contributed by atoms with Gasteiger partial charge in [0.2, 0.25) is 0 Å². The van der Waals surface area contributed by atoms with Gasteiger partial charge in [0.05, 0.1) is 0 Å². The lowest BCUT2D eigenvalue weighted by Gasteiger charge is -2.29. The third kappa shape index (κ3) is 4.07. The van der Waals surface area contributed by atoms with Gasteiger partial charge in [-0.1, -0.05) is 19.3 Å². The number of nitrogens with zero attached hydrogens (tertiary/aromatic N) is 1. The summed E-state index contributed by atoms with van der Waals surface area (Å²) in [6.07, 6.45) is 6.69. The molecule has 3 N–H and O–H groups in total. The summed E-state index contributed by atoms with van der Waals surface area (Å²) in [5, 5.41) is 0. The van der Waals surface area contributed by atoms with E-state index in [0.717, 1.165) is 12.5 Å². The van der Waals surface area contributed by atoms with Crippen molar-refractivity contribution in [3.63, 3.8) is 0 Å². The van der Waals surface area contributed by atoms with Crippen molar-refractivity contribution >= 4 is 0 Å². The van der Waals surface area contributed by atoms with Crippen LogP contribution in [0.5, 0.6) is 0 Å². The van der Waals surface area contributed by atoms with Crippen molar-refractivity contribution in [3.8, 4) is 0 Å². The molecule has 1 fully saturated rings. The van der Waals surface area contributed by atoms with Crippen LogP contribution in [0.1, 0.15) is 32.1 Å². The highest BCUT2D eigenvalue weighted by Gasteiger charge is 2.21. The molecule has 1 unspecified atom stereocenters. The van der Waals surface area contributed by atoms with Gasteiger partial charge in [0, 0.05) is 6.04 Å². The average molecular weight is 185 g/mol. The molecule has 0 aromatic heterocycles. The van der Waals surface area contributed by atoms with Crippen molar-refractivity contribution in [2.45, 2.75) is 38.1 Å². The molecule has 3 nitrogen and oxygen atoms in total. The monoisotopic (exact) mass is 185 g/mol. The van der Waals surface area contributed by atoms with Crippen LogP contribution in [0.3, 0.4) is 0 Å². The van der Waals surface area contributed by atoms with Gasteiger partial charge in [-0.2, -0.15) is 0 Å². The minimum atomic E-state index is 0.521. The first-order valence-electron chi connectivity index (χ1n) is 5.33. The molecule has 0 aromatic carbocycles. The SMILES string of the molecule is CN(C)CCC(CC1CCC1)NN. The molecule has 3 heteroatoms. The highest BCUT2D eigenvalue weighted by molar-refractivity contribution is 4.76. The topological polar surface area (TPSA) is 41.3 Å². The number of nitrogens with one attached hydrogen (secondary N) is 1. The second-order valence-corrected chi connectivity index (χ2v) is 4.49. The molecule has 1 rings (SSSR count). The maximum absolute atomic E-state index is 5.52. The van der Waals surface area contributed by atoms with Crippen LogP contribution in [0.4, 0.5) is 0 Å². The first-order valence-corrected chi connectivity index (χ1v) is 5.33. The van der Waals surface area contributed by atoms with Crippen LogP contribution in [0.2, 0.25) is 0 Å². The van der Waals surface area contributed by atoms with Gasteiger partial charge in [-0.05, 0) is 39.4 Å². The van der Waals surface area contributed by atoms with Crippen molar-refractivity contribution in [2.75, 3.05) is 20.6 Å². The van der Waals surface area contributed by atoms with Crippen molar-refractivity contribution in [1.29, 1.82) is 0 Å². The Kier molecular flexibility index (Phi) is 4.70.